The molecule has 2 aliphatic rings. The highest BCUT2D eigenvalue weighted by atomic mass is 16.7. The van der Waals surface area contributed by atoms with Gasteiger partial charge in [0.25, 0.3) is 5.95 Å². The predicted octanol–water partition coefficient (Wildman–Crippen LogP) is 3.61. The van der Waals surface area contributed by atoms with Crippen LogP contribution in [0, 0.1) is 0 Å². The van der Waals surface area contributed by atoms with E-state index in [2.05, 4.69) is 4.99 Å². The predicted molar refractivity (Wildman–Crippen MR) is 84.0 cm³/mol. The molecule has 5 heteroatoms. The molecule has 5 nitrogen and oxygen atoms in total. The van der Waals surface area contributed by atoms with E-state index in [4.69, 9.17) is 18.9 Å². The largest absolute Gasteiger partial charge is 0.486 e. The van der Waals surface area contributed by atoms with Crippen molar-refractivity contribution in [1.29, 1.82) is 0 Å². The second-order valence-corrected chi connectivity index (χ2v) is 6.32. The topological polar surface area (TPSA) is 49.3 Å². The fraction of sp³-hybridized carbons (Fsp3) is 0.471. The number of ether oxygens (including phenoxy) is 4. The summed E-state index contributed by atoms with van der Waals surface area (Å²) < 4.78 is 22.6. The molecule has 0 bridgehead atoms. The monoisotopic (exact) mass is 303 g/mol. The van der Waals surface area contributed by atoms with Crippen molar-refractivity contribution in [2.24, 2.45) is 4.99 Å². The van der Waals surface area contributed by atoms with Crippen molar-refractivity contribution in [2.45, 2.75) is 38.9 Å². The summed E-state index contributed by atoms with van der Waals surface area (Å²) in [5.41, 5.74) is 0.0467. The molecule has 0 amide bonds. The molecule has 0 unspecified atom stereocenters. The average Bonchev–Trinajstić information content (AvgIpc) is 2.66. The number of aliphatic imine (C=N–C) groups is 1. The van der Waals surface area contributed by atoms with Crippen molar-refractivity contribution in [2.75, 3.05) is 13.2 Å². The van der Waals surface area contributed by atoms with Crippen LogP contribution in [0.1, 0.15) is 27.7 Å². The lowest BCUT2D eigenvalue weighted by atomic mass is 9.90. The fourth-order valence-corrected chi connectivity index (χ4v) is 2.13. The Balaban J connectivity index is 1.72. The van der Waals surface area contributed by atoms with E-state index < -0.39 is 0 Å². The second kappa shape index (κ2) is 5.23. The highest BCUT2D eigenvalue weighted by Gasteiger charge is 2.48. The summed E-state index contributed by atoms with van der Waals surface area (Å²) in [5.74, 6) is 1.97. The smallest absolute Gasteiger partial charge is 0.282 e. The van der Waals surface area contributed by atoms with Gasteiger partial charge >= 0.3 is 0 Å². The first-order valence-electron chi connectivity index (χ1n) is 7.39. The highest BCUT2D eigenvalue weighted by molar-refractivity contribution is 5.75. The van der Waals surface area contributed by atoms with E-state index in [1.807, 2.05) is 45.9 Å². The Morgan fingerprint density at radius 1 is 0.955 bits per heavy atom. The number of hydrogen-bond donors (Lipinski definition) is 0. The number of hydrogen-bond acceptors (Lipinski definition) is 5. The third kappa shape index (κ3) is 2.75. The molecule has 1 aromatic carbocycles. The van der Waals surface area contributed by atoms with Gasteiger partial charge < -0.3 is 18.9 Å². The van der Waals surface area contributed by atoms with Gasteiger partial charge in [0.05, 0.1) is 5.69 Å². The molecule has 118 valence electrons. The normalized spacial score (nSPS) is 21.4. The highest BCUT2D eigenvalue weighted by Crippen LogP contribution is 2.40. The van der Waals surface area contributed by atoms with E-state index in [0.29, 0.717) is 19.2 Å². The molecule has 1 fully saturated rings. The van der Waals surface area contributed by atoms with Crippen LogP contribution in [-0.2, 0) is 9.47 Å². The van der Waals surface area contributed by atoms with Crippen LogP contribution in [-0.4, -0.2) is 30.6 Å². The van der Waals surface area contributed by atoms with Gasteiger partial charge in [0, 0.05) is 18.4 Å². The minimum Gasteiger partial charge on any atom is -0.486 e. The zero-order chi connectivity index (χ0) is 15.8. The maximum absolute atomic E-state index is 5.80. The molecule has 0 saturated carbocycles. The quantitative estimate of drug-likeness (QED) is 0.783. The summed E-state index contributed by atoms with van der Waals surface area (Å²) in [7, 11) is 0. The fourth-order valence-electron chi connectivity index (χ4n) is 2.13. The maximum Gasteiger partial charge on any atom is 0.282 e. The van der Waals surface area contributed by atoms with E-state index in [-0.39, 0.29) is 11.2 Å². The number of benzene rings is 1. The molecular formula is C17H21NO4. The SMILES string of the molecule is CC1(C)OC(=CC=Nc2ccc3c(c2)OCCO3)OC1(C)C. The summed E-state index contributed by atoms with van der Waals surface area (Å²) >= 11 is 0. The van der Waals surface area contributed by atoms with Crippen molar-refractivity contribution in [3.05, 3.63) is 30.2 Å². The molecular weight excluding hydrogens is 282 g/mol. The molecule has 0 radical (unpaired) electrons. The molecule has 22 heavy (non-hydrogen) atoms. The van der Waals surface area contributed by atoms with Crippen molar-refractivity contribution in [3.8, 4) is 11.5 Å². The Kier molecular flexibility index (Phi) is 3.51. The van der Waals surface area contributed by atoms with E-state index >= 15 is 0 Å². The number of rotatable bonds is 2. The van der Waals surface area contributed by atoms with Gasteiger partial charge in [-0.05, 0) is 39.8 Å². The minimum atomic E-state index is -0.371. The van der Waals surface area contributed by atoms with Crippen molar-refractivity contribution >= 4 is 11.9 Å². The second-order valence-electron chi connectivity index (χ2n) is 6.32. The molecule has 1 aromatic rings. The Morgan fingerprint density at radius 3 is 2.27 bits per heavy atom. The van der Waals surface area contributed by atoms with Crippen molar-refractivity contribution in [1.82, 2.24) is 0 Å². The lowest BCUT2D eigenvalue weighted by molar-refractivity contribution is 0.00578. The Bertz CT molecular complexity index is 614. The van der Waals surface area contributed by atoms with Crippen LogP contribution in [0.5, 0.6) is 11.5 Å². The van der Waals surface area contributed by atoms with Gasteiger partial charge in [-0.1, -0.05) is 0 Å². The standard InChI is InChI=1S/C17H21NO4/c1-16(2)17(3,4)22-15(21-16)7-8-18-12-5-6-13-14(11-12)20-10-9-19-13/h5-8,11H,9-10H2,1-4H3. The number of allylic oxidation sites excluding steroid dienone is 1. The van der Waals surface area contributed by atoms with E-state index in [0.717, 1.165) is 17.2 Å². The summed E-state index contributed by atoms with van der Waals surface area (Å²) in [5, 5.41) is 0. The molecule has 2 aliphatic heterocycles. The molecule has 1 saturated heterocycles. The lowest BCUT2D eigenvalue weighted by Crippen LogP contribution is -2.41. The molecule has 0 N–H and O–H groups in total. The van der Waals surface area contributed by atoms with Crippen LogP contribution in [0.2, 0.25) is 0 Å². The van der Waals surface area contributed by atoms with Crippen molar-refractivity contribution < 1.29 is 18.9 Å². The van der Waals surface area contributed by atoms with Gasteiger partial charge in [0.2, 0.25) is 0 Å². The van der Waals surface area contributed by atoms with Gasteiger partial charge in [-0.3, -0.25) is 4.99 Å². The van der Waals surface area contributed by atoms with E-state index in [9.17, 15) is 0 Å². The van der Waals surface area contributed by atoms with Gasteiger partial charge in [-0.15, -0.1) is 0 Å². The molecule has 0 atom stereocenters. The zero-order valence-corrected chi connectivity index (χ0v) is 13.4. The Hall–Kier alpha value is -2.17. The Morgan fingerprint density at radius 2 is 1.59 bits per heavy atom. The lowest BCUT2D eigenvalue weighted by Gasteiger charge is -2.28. The van der Waals surface area contributed by atoms with Gasteiger partial charge in [0.1, 0.15) is 24.4 Å². The molecule has 0 aromatic heterocycles. The van der Waals surface area contributed by atoms with E-state index in [1.54, 1.807) is 12.3 Å². The molecule has 2 heterocycles. The van der Waals surface area contributed by atoms with Gasteiger partial charge in [-0.25, -0.2) is 0 Å². The summed E-state index contributed by atoms with van der Waals surface area (Å²) in [6.45, 7) is 9.17. The summed E-state index contributed by atoms with van der Waals surface area (Å²) in [6.07, 6.45) is 3.39. The van der Waals surface area contributed by atoms with Crippen LogP contribution in [0.3, 0.4) is 0 Å². The number of nitrogens with zero attached hydrogens (tertiary/aromatic N) is 1. The first-order valence-corrected chi connectivity index (χ1v) is 7.39. The van der Waals surface area contributed by atoms with Crippen molar-refractivity contribution in [3.63, 3.8) is 0 Å². The van der Waals surface area contributed by atoms with Crippen LogP contribution < -0.4 is 9.47 Å². The first kappa shape index (κ1) is 14.8. The third-order valence-electron chi connectivity index (χ3n) is 4.12. The summed E-state index contributed by atoms with van der Waals surface area (Å²) in [6, 6.07) is 5.60. The minimum absolute atomic E-state index is 0.371. The van der Waals surface area contributed by atoms with Gasteiger partial charge in [-0.2, -0.15) is 0 Å². The molecule has 3 rings (SSSR count). The average molecular weight is 303 g/mol. The summed E-state index contributed by atoms with van der Waals surface area (Å²) in [4.78, 5) is 4.38. The van der Waals surface area contributed by atoms with Crippen LogP contribution >= 0.6 is 0 Å². The molecule has 0 spiro atoms. The molecule has 0 aliphatic carbocycles. The number of fused-ring (bicyclic) bond motifs is 1. The van der Waals surface area contributed by atoms with Gasteiger partial charge in [0.15, 0.2) is 11.5 Å². The van der Waals surface area contributed by atoms with Crippen LogP contribution in [0.25, 0.3) is 0 Å². The van der Waals surface area contributed by atoms with Crippen LogP contribution in [0.4, 0.5) is 5.69 Å². The zero-order valence-electron chi connectivity index (χ0n) is 13.4. The van der Waals surface area contributed by atoms with E-state index in [1.165, 1.54) is 0 Å². The first-order chi connectivity index (χ1) is 10.4. The third-order valence-corrected chi connectivity index (χ3v) is 4.12. The van der Waals surface area contributed by atoms with Crippen LogP contribution in [0.15, 0.2) is 35.2 Å². The maximum atomic E-state index is 5.80. The Labute approximate surface area is 130 Å².